The van der Waals surface area contributed by atoms with Crippen molar-refractivity contribution in [1.29, 1.82) is 0 Å². The lowest BCUT2D eigenvalue weighted by atomic mass is 10.1. The van der Waals surface area contributed by atoms with Crippen LogP contribution in [0.5, 0.6) is 17.2 Å². The fourth-order valence-electron chi connectivity index (χ4n) is 2.16. The van der Waals surface area contributed by atoms with Crippen molar-refractivity contribution >= 4 is 33.2 Å². The zero-order chi connectivity index (χ0) is 18.6. The van der Waals surface area contributed by atoms with Gasteiger partial charge in [0.05, 0.1) is 26.4 Å². The van der Waals surface area contributed by atoms with Crippen LogP contribution in [0.25, 0.3) is 0 Å². The average molecular weight is 406 g/mol. The van der Waals surface area contributed by atoms with Crippen LogP contribution in [0, 0.1) is 0 Å². The predicted octanol–water partition coefficient (Wildman–Crippen LogP) is 3.50. The number of hydrogen-bond donors (Lipinski definition) is 1. The molecule has 0 aliphatic heterocycles. The van der Waals surface area contributed by atoms with E-state index in [1.54, 1.807) is 12.1 Å². The Kier molecular flexibility index (Phi) is 6.40. The van der Waals surface area contributed by atoms with Crippen LogP contribution in [0.1, 0.15) is 5.56 Å². The average Bonchev–Trinajstić information content (AvgIpc) is 2.61. The Bertz CT molecular complexity index is 871. The van der Waals surface area contributed by atoms with E-state index >= 15 is 0 Å². The van der Waals surface area contributed by atoms with E-state index in [-0.39, 0.29) is 21.5 Å². The summed E-state index contributed by atoms with van der Waals surface area (Å²) >= 11 is 11.8. The first-order valence-corrected chi connectivity index (χ1v) is 9.30. The van der Waals surface area contributed by atoms with E-state index in [0.717, 1.165) is 0 Å². The lowest BCUT2D eigenvalue weighted by molar-refractivity contribution is 0.347. The van der Waals surface area contributed by atoms with Gasteiger partial charge in [0, 0.05) is 23.2 Å². The Hall–Kier alpha value is -1.67. The van der Waals surface area contributed by atoms with E-state index in [1.807, 2.05) is 0 Å². The van der Waals surface area contributed by atoms with Crippen molar-refractivity contribution in [3.8, 4) is 17.2 Å². The summed E-state index contributed by atoms with van der Waals surface area (Å²) in [4.78, 5) is -0.0962. The molecular formula is C16H17Cl2NO5S. The minimum atomic E-state index is -3.87. The van der Waals surface area contributed by atoms with E-state index in [9.17, 15) is 8.42 Å². The van der Waals surface area contributed by atoms with Crippen molar-refractivity contribution in [2.75, 3.05) is 21.3 Å². The van der Waals surface area contributed by atoms with Crippen molar-refractivity contribution in [1.82, 2.24) is 4.72 Å². The summed E-state index contributed by atoms with van der Waals surface area (Å²) in [6.07, 6.45) is 0. The second-order valence-corrected chi connectivity index (χ2v) is 7.50. The SMILES string of the molecule is COc1cc(OC)c(OC)cc1CNS(=O)(=O)c1cc(Cl)ccc1Cl. The molecule has 9 heteroatoms. The van der Waals surface area contributed by atoms with Gasteiger partial charge in [-0.25, -0.2) is 13.1 Å². The fraction of sp³-hybridized carbons (Fsp3) is 0.250. The Labute approximate surface area is 156 Å². The maximum Gasteiger partial charge on any atom is 0.242 e. The molecule has 0 atom stereocenters. The van der Waals surface area contributed by atoms with Crippen LogP contribution < -0.4 is 18.9 Å². The van der Waals surface area contributed by atoms with Gasteiger partial charge in [-0.05, 0) is 24.3 Å². The van der Waals surface area contributed by atoms with Crippen molar-refractivity contribution in [3.05, 3.63) is 45.9 Å². The summed E-state index contributed by atoms with van der Waals surface area (Å²) < 4.78 is 43.2. The van der Waals surface area contributed by atoms with Gasteiger partial charge in [-0.15, -0.1) is 0 Å². The minimum Gasteiger partial charge on any atom is -0.496 e. The molecule has 1 N–H and O–H groups in total. The highest BCUT2D eigenvalue weighted by molar-refractivity contribution is 7.89. The van der Waals surface area contributed by atoms with Crippen molar-refractivity contribution in [2.24, 2.45) is 0 Å². The highest BCUT2D eigenvalue weighted by Crippen LogP contribution is 2.35. The molecule has 0 unspecified atom stereocenters. The van der Waals surface area contributed by atoms with Crippen LogP contribution in [0.15, 0.2) is 35.2 Å². The molecule has 25 heavy (non-hydrogen) atoms. The van der Waals surface area contributed by atoms with Crippen LogP contribution in [0.3, 0.4) is 0 Å². The molecule has 0 bridgehead atoms. The number of rotatable bonds is 7. The van der Waals surface area contributed by atoms with Gasteiger partial charge in [-0.3, -0.25) is 0 Å². The quantitative estimate of drug-likeness (QED) is 0.762. The topological polar surface area (TPSA) is 73.9 Å². The van der Waals surface area contributed by atoms with Crippen LogP contribution in [0.2, 0.25) is 10.0 Å². The molecule has 0 amide bonds. The zero-order valence-electron chi connectivity index (χ0n) is 13.8. The highest BCUT2D eigenvalue weighted by atomic mass is 35.5. The van der Waals surface area contributed by atoms with E-state index in [2.05, 4.69) is 4.72 Å². The largest absolute Gasteiger partial charge is 0.496 e. The lowest BCUT2D eigenvalue weighted by Gasteiger charge is -2.15. The summed E-state index contributed by atoms with van der Waals surface area (Å²) in [5.41, 5.74) is 0.571. The Morgan fingerprint density at radius 1 is 0.920 bits per heavy atom. The van der Waals surface area contributed by atoms with Crippen LogP contribution in [-0.2, 0) is 16.6 Å². The number of halogens is 2. The van der Waals surface area contributed by atoms with Crippen molar-refractivity contribution in [2.45, 2.75) is 11.4 Å². The molecule has 2 rings (SSSR count). The molecule has 0 spiro atoms. The molecule has 0 saturated heterocycles. The van der Waals surface area contributed by atoms with Gasteiger partial charge >= 0.3 is 0 Å². The zero-order valence-corrected chi connectivity index (χ0v) is 16.1. The smallest absolute Gasteiger partial charge is 0.242 e. The Morgan fingerprint density at radius 2 is 1.52 bits per heavy atom. The summed E-state index contributed by atoms with van der Waals surface area (Å²) in [6.45, 7) is -0.0330. The molecule has 0 saturated carbocycles. The lowest BCUT2D eigenvalue weighted by Crippen LogP contribution is -2.24. The van der Waals surface area contributed by atoms with Gasteiger partial charge in [0.15, 0.2) is 11.5 Å². The van der Waals surface area contributed by atoms with E-state index in [1.165, 1.54) is 39.5 Å². The standard InChI is InChI=1S/C16H17Cl2NO5S/c1-22-13-8-15(24-3)14(23-2)6-10(13)9-19-25(20,21)16-7-11(17)4-5-12(16)18/h4-8,19H,9H2,1-3H3. The van der Waals surface area contributed by atoms with Crippen LogP contribution in [0.4, 0.5) is 0 Å². The van der Waals surface area contributed by atoms with Gasteiger partial charge in [0.2, 0.25) is 10.0 Å². The third kappa shape index (κ3) is 4.49. The van der Waals surface area contributed by atoms with Gasteiger partial charge in [-0.1, -0.05) is 23.2 Å². The molecule has 0 fully saturated rings. The molecule has 136 valence electrons. The first-order chi connectivity index (χ1) is 11.8. The van der Waals surface area contributed by atoms with Gasteiger partial charge < -0.3 is 14.2 Å². The minimum absolute atomic E-state index is 0.0330. The molecule has 2 aromatic rings. The van der Waals surface area contributed by atoms with E-state index < -0.39 is 10.0 Å². The first kappa shape index (κ1) is 19.7. The predicted molar refractivity (Wildman–Crippen MR) is 96.6 cm³/mol. The normalized spacial score (nSPS) is 11.2. The summed E-state index contributed by atoms with van der Waals surface area (Å²) in [7, 11) is 0.604. The van der Waals surface area contributed by atoms with Crippen molar-refractivity contribution in [3.63, 3.8) is 0 Å². The van der Waals surface area contributed by atoms with Gasteiger partial charge in [0.25, 0.3) is 0 Å². The first-order valence-electron chi connectivity index (χ1n) is 7.06. The number of ether oxygens (including phenoxy) is 3. The molecule has 6 nitrogen and oxygen atoms in total. The van der Waals surface area contributed by atoms with E-state index in [4.69, 9.17) is 37.4 Å². The second-order valence-electron chi connectivity index (χ2n) is 4.92. The molecule has 0 aromatic heterocycles. The molecule has 0 heterocycles. The molecule has 2 aromatic carbocycles. The molecule has 0 aliphatic rings. The number of nitrogens with one attached hydrogen (secondary N) is 1. The third-order valence-corrected chi connectivity index (χ3v) is 5.54. The van der Waals surface area contributed by atoms with E-state index in [0.29, 0.717) is 22.8 Å². The van der Waals surface area contributed by atoms with Crippen molar-refractivity contribution < 1.29 is 22.6 Å². The number of sulfonamides is 1. The summed E-state index contributed by atoms with van der Waals surface area (Å²) in [5.74, 6) is 1.39. The maximum atomic E-state index is 12.5. The molecule has 0 radical (unpaired) electrons. The summed E-state index contributed by atoms with van der Waals surface area (Å²) in [5, 5.41) is 0.352. The van der Waals surface area contributed by atoms with Gasteiger partial charge in [-0.2, -0.15) is 0 Å². The number of benzene rings is 2. The maximum absolute atomic E-state index is 12.5. The highest BCUT2D eigenvalue weighted by Gasteiger charge is 2.20. The molecular weight excluding hydrogens is 389 g/mol. The second kappa shape index (κ2) is 8.14. The Balaban J connectivity index is 2.32. The van der Waals surface area contributed by atoms with Crippen LogP contribution in [-0.4, -0.2) is 29.7 Å². The monoisotopic (exact) mass is 405 g/mol. The molecule has 0 aliphatic carbocycles. The fourth-order valence-corrected chi connectivity index (χ4v) is 3.93. The Morgan fingerprint density at radius 3 is 2.12 bits per heavy atom. The van der Waals surface area contributed by atoms with Crippen LogP contribution >= 0.6 is 23.2 Å². The van der Waals surface area contributed by atoms with Gasteiger partial charge in [0.1, 0.15) is 10.6 Å². The summed E-state index contributed by atoms with van der Waals surface area (Å²) in [6, 6.07) is 7.49. The third-order valence-electron chi connectivity index (χ3n) is 3.42. The number of methoxy groups -OCH3 is 3. The number of hydrogen-bond acceptors (Lipinski definition) is 5.